The van der Waals surface area contributed by atoms with Gasteiger partial charge in [0, 0.05) is 42.3 Å². The highest BCUT2D eigenvalue weighted by atomic mass is 32.2. The minimum absolute atomic E-state index is 0.0468. The van der Waals surface area contributed by atoms with Crippen molar-refractivity contribution >= 4 is 38.3 Å². The lowest BCUT2D eigenvalue weighted by atomic mass is 9.95. The van der Waals surface area contributed by atoms with Crippen LogP contribution in [0.15, 0.2) is 27.5 Å². The number of halogens is 1. The number of aromatic nitrogens is 2. The van der Waals surface area contributed by atoms with Crippen LogP contribution in [0.2, 0.25) is 0 Å². The summed E-state index contributed by atoms with van der Waals surface area (Å²) in [6.07, 6.45) is 1.37. The third-order valence-corrected chi connectivity index (χ3v) is 7.46. The van der Waals surface area contributed by atoms with E-state index in [1.54, 1.807) is 13.1 Å². The van der Waals surface area contributed by atoms with Crippen LogP contribution in [0.25, 0.3) is 21.3 Å². The molecule has 2 N–H and O–H groups in total. The molecule has 2 heterocycles. The van der Waals surface area contributed by atoms with Gasteiger partial charge in [-0.2, -0.15) is 0 Å². The lowest BCUT2D eigenvalue weighted by molar-refractivity contribution is 0.217. The minimum Gasteiger partial charge on any atom is -0.611 e. The molecule has 0 fully saturated rings. The standard InChI is InChI=1S/C19H22FN3O3S2/c1-10(2)11-7-12(13-8-14(24)23(3)9-22-13)16(20)18-15(11)17(21)19(27-18)28(25)6-5-26-4/h7-10H,5-6,21H2,1-4H3. The van der Waals surface area contributed by atoms with E-state index in [4.69, 9.17) is 10.5 Å². The molecule has 150 valence electrons. The Morgan fingerprint density at radius 2 is 2.14 bits per heavy atom. The van der Waals surface area contributed by atoms with Gasteiger partial charge >= 0.3 is 0 Å². The Balaban J connectivity index is 2.27. The number of nitrogen functional groups attached to an aromatic ring is 1. The maximum absolute atomic E-state index is 15.4. The van der Waals surface area contributed by atoms with E-state index in [9.17, 15) is 9.35 Å². The van der Waals surface area contributed by atoms with Gasteiger partial charge in [-0.15, -0.1) is 0 Å². The third kappa shape index (κ3) is 3.67. The van der Waals surface area contributed by atoms with Crippen molar-refractivity contribution in [1.29, 1.82) is 0 Å². The van der Waals surface area contributed by atoms with Crippen LogP contribution in [-0.4, -0.2) is 33.6 Å². The predicted octanol–water partition coefficient (Wildman–Crippen LogP) is 3.26. The molecule has 2 aromatic heterocycles. The molecule has 1 aromatic carbocycles. The average Bonchev–Trinajstić information content (AvgIpc) is 3.00. The number of benzene rings is 1. The van der Waals surface area contributed by atoms with Gasteiger partial charge in [0.1, 0.15) is 11.4 Å². The molecule has 28 heavy (non-hydrogen) atoms. The topological polar surface area (TPSA) is 93.2 Å². The fraction of sp³-hybridized carbons (Fsp3) is 0.368. The molecule has 3 aromatic rings. The van der Waals surface area contributed by atoms with E-state index in [0.29, 0.717) is 26.6 Å². The summed E-state index contributed by atoms with van der Waals surface area (Å²) in [4.78, 5) is 16.2. The van der Waals surface area contributed by atoms with E-state index in [0.717, 1.165) is 16.9 Å². The molecule has 0 radical (unpaired) electrons. The van der Waals surface area contributed by atoms with Crippen molar-refractivity contribution in [3.05, 3.63) is 40.2 Å². The van der Waals surface area contributed by atoms with Crippen molar-refractivity contribution in [1.82, 2.24) is 9.55 Å². The quantitative estimate of drug-likeness (QED) is 0.614. The molecule has 0 aliphatic rings. The lowest BCUT2D eigenvalue weighted by Gasteiger charge is -2.13. The molecule has 0 amide bonds. The zero-order chi connectivity index (χ0) is 20.6. The van der Waals surface area contributed by atoms with Crippen molar-refractivity contribution in [3.63, 3.8) is 0 Å². The van der Waals surface area contributed by atoms with Crippen LogP contribution in [0.1, 0.15) is 25.3 Å². The van der Waals surface area contributed by atoms with E-state index < -0.39 is 17.0 Å². The van der Waals surface area contributed by atoms with Crippen molar-refractivity contribution in [2.45, 2.75) is 24.0 Å². The summed E-state index contributed by atoms with van der Waals surface area (Å²) < 4.78 is 35.1. The van der Waals surface area contributed by atoms with E-state index in [1.807, 2.05) is 13.8 Å². The SMILES string of the molecule is COCC[S+]([O-])c1sc2c(F)c(-c3cc(=O)n(C)cn3)cc(C(C)C)c2c1N. The third-order valence-electron chi connectivity index (χ3n) is 4.49. The van der Waals surface area contributed by atoms with E-state index >= 15 is 4.39 Å². The first kappa shape index (κ1) is 20.8. The lowest BCUT2D eigenvalue weighted by Crippen LogP contribution is -2.16. The Morgan fingerprint density at radius 1 is 1.43 bits per heavy atom. The first-order valence-electron chi connectivity index (χ1n) is 8.71. The fourth-order valence-electron chi connectivity index (χ4n) is 2.95. The van der Waals surface area contributed by atoms with Gasteiger partial charge in [-0.1, -0.05) is 25.2 Å². The van der Waals surface area contributed by atoms with Crippen LogP contribution in [0.4, 0.5) is 10.1 Å². The van der Waals surface area contributed by atoms with Gasteiger partial charge in [0.05, 0.1) is 23.3 Å². The van der Waals surface area contributed by atoms with Gasteiger partial charge in [0.15, 0.2) is 5.82 Å². The van der Waals surface area contributed by atoms with Crippen LogP contribution in [0.5, 0.6) is 0 Å². The first-order valence-corrected chi connectivity index (χ1v) is 10.8. The first-order chi connectivity index (χ1) is 13.3. The van der Waals surface area contributed by atoms with Crippen LogP contribution in [-0.2, 0) is 23.0 Å². The molecule has 9 heteroatoms. The van der Waals surface area contributed by atoms with Gasteiger partial charge in [-0.3, -0.25) is 4.79 Å². The van der Waals surface area contributed by atoms with Gasteiger partial charge in [0.2, 0.25) is 4.21 Å². The van der Waals surface area contributed by atoms with Crippen molar-refractivity contribution in [3.8, 4) is 11.3 Å². The predicted molar refractivity (Wildman–Crippen MR) is 112 cm³/mol. The zero-order valence-electron chi connectivity index (χ0n) is 16.1. The van der Waals surface area contributed by atoms with E-state index in [-0.39, 0.29) is 28.5 Å². The zero-order valence-corrected chi connectivity index (χ0v) is 17.7. The Kier molecular flexibility index (Phi) is 6.09. The summed E-state index contributed by atoms with van der Waals surface area (Å²) in [5.74, 6) is -0.174. The normalized spacial score (nSPS) is 12.8. The number of fused-ring (bicyclic) bond motifs is 1. The number of rotatable bonds is 6. The molecule has 0 spiro atoms. The van der Waals surface area contributed by atoms with Gasteiger partial charge in [0.25, 0.3) is 5.56 Å². The largest absolute Gasteiger partial charge is 0.611 e. The Bertz CT molecular complexity index is 1080. The molecule has 1 atom stereocenters. The van der Waals surface area contributed by atoms with Crippen molar-refractivity contribution < 1.29 is 13.7 Å². The van der Waals surface area contributed by atoms with Gasteiger partial charge in [-0.25, -0.2) is 9.37 Å². The number of nitrogens with zero attached hydrogens (tertiary/aromatic N) is 2. The number of thiophene rings is 1. The molecule has 0 aliphatic carbocycles. The molecular formula is C19H22FN3O3S2. The van der Waals surface area contributed by atoms with Crippen molar-refractivity contribution in [2.24, 2.45) is 7.05 Å². The second kappa shape index (κ2) is 8.20. The number of hydrogen-bond acceptors (Lipinski definition) is 6. The van der Waals surface area contributed by atoms with Gasteiger partial charge < -0.3 is 19.6 Å². The highest BCUT2D eigenvalue weighted by Gasteiger charge is 2.27. The highest BCUT2D eigenvalue weighted by molar-refractivity contribution is 7.93. The second-order valence-electron chi connectivity index (χ2n) is 6.76. The number of ether oxygens (including phenoxy) is 1. The summed E-state index contributed by atoms with van der Waals surface area (Å²) in [5, 5.41) is 0.589. The summed E-state index contributed by atoms with van der Waals surface area (Å²) in [6.45, 7) is 4.28. The van der Waals surface area contributed by atoms with Crippen LogP contribution in [0.3, 0.4) is 0 Å². The molecule has 0 bridgehead atoms. The molecule has 6 nitrogen and oxygen atoms in total. The van der Waals surface area contributed by atoms with Crippen LogP contribution in [0, 0.1) is 5.82 Å². The summed E-state index contributed by atoms with van der Waals surface area (Å²) in [7, 11) is 3.12. The number of hydrogen-bond donors (Lipinski definition) is 1. The summed E-state index contributed by atoms with van der Waals surface area (Å²) in [5.41, 5.74) is 7.70. The Labute approximate surface area is 169 Å². The molecule has 1 unspecified atom stereocenters. The number of methoxy groups -OCH3 is 1. The molecule has 0 saturated heterocycles. The van der Waals surface area contributed by atoms with Gasteiger partial charge in [-0.05, 0) is 17.5 Å². The maximum Gasteiger partial charge on any atom is 0.253 e. The number of nitrogens with two attached hydrogens (primary N) is 1. The molecule has 3 rings (SSSR count). The van der Waals surface area contributed by atoms with E-state index in [1.165, 1.54) is 24.1 Å². The van der Waals surface area contributed by atoms with Crippen LogP contribution < -0.4 is 11.3 Å². The second-order valence-corrected chi connectivity index (χ2v) is 9.54. The fourth-order valence-corrected chi connectivity index (χ4v) is 5.60. The molecule has 0 aliphatic heterocycles. The Hall–Kier alpha value is -1.94. The summed E-state index contributed by atoms with van der Waals surface area (Å²) >= 11 is -0.292. The van der Waals surface area contributed by atoms with E-state index in [2.05, 4.69) is 4.98 Å². The molecule has 0 saturated carbocycles. The highest BCUT2D eigenvalue weighted by Crippen LogP contribution is 2.45. The minimum atomic E-state index is -1.38. The monoisotopic (exact) mass is 423 g/mol. The van der Waals surface area contributed by atoms with Crippen LogP contribution >= 0.6 is 11.3 Å². The smallest absolute Gasteiger partial charge is 0.253 e. The van der Waals surface area contributed by atoms with Crippen molar-refractivity contribution in [2.75, 3.05) is 25.2 Å². The Morgan fingerprint density at radius 3 is 2.75 bits per heavy atom. The number of aryl methyl sites for hydroxylation is 1. The average molecular weight is 424 g/mol. The number of anilines is 1. The molecular weight excluding hydrogens is 401 g/mol. The maximum atomic E-state index is 15.4. The summed E-state index contributed by atoms with van der Waals surface area (Å²) in [6, 6.07) is 3.00.